The second kappa shape index (κ2) is 7.29. The molecule has 16 heavy (non-hydrogen) atoms. The Morgan fingerprint density at radius 1 is 1.25 bits per heavy atom. The zero-order chi connectivity index (χ0) is 12.0. The number of nitrogens with zero attached hydrogens (tertiary/aromatic N) is 1. The molecule has 2 nitrogen and oxygen atoms in total. The van der Waals surface area contributed by atoms with Crippen molar-refractivity contribution < 1.29 is 0 Å². The maximum atomic E-state index is 5.95. The highest BCUT2D eigenvalue weighted by Gasteiger charge is 2.27. The van der Waals surface area contributed by atoms with Crippen molar-refractivity contribution in [1.29, 1.82) is 0 Å². The van der Waals surface area contributed by atoms with Gasteiger partial charge in [0, 0.05) is 12.1 Å². The Morgan fingerprint density at radius 3 is 2.56 bits per heavy atom. The van der Waals surface area contributed by atoms with E-state index in [2.05, 4.69) is 25.8 Å². The molecule has 0 bridgehead atoms. The highest BCUT2D eigenvalue weighted by Crippen LogP contribution is 2.27. The average molecular weight is 226 g/mol. The first kappa shape index (κ1) is 14.0. The summed E-state index contributed by atoms with van der Waals surface area (Å²) >= 11 is 0. The van der Waals surface area contributed by atoms with Gasteiger partial charge in [-0.2, -0.15) is 0 Å². The maximum Gasteiger partial charge on any atom is 0.0135 e. The van der Waals surface area contributed by atoms with Crippen molar-refractivity contribution in [2.45, 2.75) is 70.9 Å². The van der Waals surface area contributed by atoms with Crippen molar-refractivity contribution in [2.24, 2.45) is 11.7 Å². The molecule has 0 aliphatic heterocycles. The van der Waals surface area contributed by atoms with Crippen LogP contribution in [0.5, 0.6) is 0 Å². The summed E-state index contributed by atoms with van der Waals surface area (Å²) in [6, 6.07) is 1.44. The van der Waals surface area contributed by atoms with Crippen LogP contribution in [0.4, 0.5) is 0 Å². The van der Waals surface area contributed by atoms with Gasteiger partial charge in [0.05, 0.1) is 0 Å². The zero-order valence-electron chi connectivity index (χ0n) is 11.4. The molecule has 0 aromatic rings. The van der Waals surface area contributed by atoms with Crippen LogP contribution in [0.15, 0.2) is 0 Å². The number of rotatable bonds is 5. The van der Waals surface area contributed by atoms with E-state index >= 15 is 0 Å². The van der Waals surface area contributed by atoms with Gasteiger partial charge in [0.2, 0.25) is 0 Å². The van der Waals surface area contributed by atoms with Crippen LogP contribution >= 0.6 is 0 Å². The third-order valence-corrected chi connectivity index (χ3v) is 4.35. The van der Waals surface area contributed by atoms with Crippen molar-refractivity contribution in [3.63, 3.8) is 0 Å². The Hall–Kier alpha value is -0.0800. The SMILES string of the molecule is CCCC(C)N(C)C1CCCCCC1CN. The molecule has 1 aliphatic rings. The molecule has 0 spiro atoms. The zero-order valence-corrected chi connectivity index (χ0v) is 11.4. The summed E-state index contributed by atoms with van der Waals surface area (Å²) in [6.07, 6.45) is 9.47. The van der Waals surface area contributed by atoms with Gasteiger partial charge < -0.3 is 10.6 Å². The monoisotopic (exact) mass is 226 g/mol. The second-order valence-electron chi connectivity index (χ2n) is 5.50. The van der Waals surface area contributed by atoms with Crippen molar-refractivity contribution in [1.82, 2.24) is 4.90 Å². The Balaban J connectivity index is 2.58. The Labute approximate surface area is 102 Å². The normalized spacial score (nSPS) is 29.1. The van der Waals surface area contributed by atoms with Gasteiger partial charge in [-0.3, -0.25) is 0 Å². The van der Waals surface area contributed by atoms with Gasteiger partial charge in [0.15, 0.2) is 0 Å². The van der Waals surface area contributed by atoms with Crippen LogP contribution in [0.25, 0.3) is 0 Å². The van der Waals surface area contributed by atoms with E-state index in [1.54, 1.807) is 0 Å². The summed E-state index contributed by atoms with van der Waals surface area (Å²) in [5.41, 5.74) is 5.95. The summed E-state index contributed by atoms with van der Waals surface area (Å²) in [5, 5.41) is 0. The van der Waals surface area contributed by atoms with E-state index in [-0.39, 0.29) is 0 Å². The minimum Gasteiger partial charge on any atom is -0.330 e. The van der Waals surface area contributed by atoms with E-state index in [0.29, 0.717) is 6.04 Å². The van der Waals surface area contributed by atoms with Crippen LogP contribution in [0, 0.1) is 5.92 Å². The van der Waals surface area contributed by atoms with Gasteiger partial charge in [0.25, 0.3) is 0 Å². The average Bonchev–Trinajstić information content (AvgIpc) is 2.53. The lowest BCUT2D eigenvalue weighted by molar-refractivity contribution is 0.120. The minimum absolute atomic E-state index is 0.710. The minimum atomic E-state index is 0.710. The van der Waals surface area contributed by atoms with Gasteiger partial charge in [-0.25, -0.2) is 0 Å². The standard InChI is InChI=1S/C14H30N2/c1-4-8-12(2)16(3)14-10-7-5-6-9-13(14)11-15/h12-14H,4-11,15H2,1-3H3. The molecule has 96 valence electrons. The molecule has 1 rings (SSSR count). The fraction of sp³-hybridized carbons (Fsp3) is 1.00. The smallest absolute Gasteiger partial charge is 0.0135 e. The topological polar surface area (TPSA) is 29.3 Å². The molecular formula is C14H30N2. The van der Waals surface area contributed by atoms with Gasteiger partial charge in [-0.15, -0.1) is 0 Å². The molecule has 2 N–H and O–H groups in total. The fourth-order valence-corrected chi connectivity index (χ4v) is 3.12. The van der Waals surface area contributed by atoms with Crippen LogP contribution in [-0.4, -0.2) is 30.6 Å². The van der Waals surface area contributed by atoms with Crippen molar-refractivity contribution >= 4 is 0 Å². The molecule has 0 aromatic carbocycles. The third-order valence-electron chi connectivity index (χ3n) is 4.35. The Bertz CT molecular complexity index is 182. The second-order valence-corrected chi connectivity index (χ2v) is 5.50. The van der Waals surface area contributed by atoms with E-state index in [4.69, 9.17) is 5.73 Å². The summed E-state index contributed by atoms with van der Waals surface area (Å²) < 4.78 is 0. The largest absolute Gasteiger partial charge is 0.330 e. The molecule has 3 atom stereocenters. The summed E-state index contributed by atoms with van der Waals surface area (Å²) in [5.74, 6) is 0.729. The molecule has 0 heterocycles. The molecule has 1 aliphatic carbocycles. The molecular weight excluding hydrogens is 196 g/mol. The molecule has 1 fully saturated rings. The summed E-state index contributed by atoms with van der Waals surface area (Å²) in [4.78, 5) is 2.60. The molecule has 0 saturated heterocycles. The van der Waals surface area contributed by atoms with Gasteiger partial charge in [0.1, 0.15) is 0 Å². The number of hydrogen-bond acceptors (Lipinski definition) is 2. The number of hydrogen-bond donors (Lipinski definition) is 1. The highest BCUT2D eigenvalue weighted by molar-refractivity contribution is 4.83. The van der Waals surface area contributed by atoms with E-state index in [1.807, 2.05) is 0 Å². The molecule has 3 unspecified atom stereocenters. The molecule has 0 aromatic heterocycles. The van der Waals surface area contributed by atoms with Crippen LogP contribution < -0.4 is 5.73 Å². The Morgan fingerprint density at radius 2 is 1.94 bits per heavy atom. The first-order valence-electron chi connectivity index (χ1n) is 7.12. The molecule has 0 radical (unpaired) electrons. The summed E-state index contributed by atoms with van der Waals surface area (Å²) in [7, 11) is 2.30. The highest BCUT2D eigenvalue weighted by atomic mass is 15.2. The van der Waals surface area contributed by atoms with Crippen LogP contribution in [0.3, 0.4) is 0 Å². The fourth-order valence-electron chi connectivity index (χ4n) is 3.12. The Kier molecular flexibility index (Phi) is 6.37. The van der Waals surface area contributed by atoms with E-state index in [0.717, 1.165) is 18.5 Å². The lowest BCUT2D eigenvalue weighted by atomic mass is 9.92. The predicted molar refractivity (Wildman–Crippen MR) is 71.6 cm³/mol. The molecule has 0 amide bonds. The third kappa shape index (κ3) is 3.74. The summed E-state index contributed by atoms with van der Waals surface area (Å²) in [6.45, 7) is 5.51. The van der Waals surface area contributed by atoms with Gasteiger partial charge in [-0.05, 0) is 45.7 Å². The first-order valence-corrected chi connectivity index (χ1v) is 7.12. The van der Waals surface area contributed by atoms with Crippen molar-refractivity contribution in [3.05, 3.63) is 0 Å². The lowest BCUT2D eigenvalue weighted by Crippen LogP contribution is -2.44. The van der Waals surface area contributed by atoms with Crippen LogP contribution in [0.2, 0.25) is 0 Å². The van der Waals surface area contributed by atoms with Crippen LogP contribution in [0.1, 0.15) is 58.8 Å². The quantitative estimate of drug-likeness (QED) is 0.730. The van der Waals surface area contributed by atoms with Gasteiger partial charge in [-0.1, -0.05) is 32.6 Å². The van der Waals surface area contributed by atoms with E-state index in [1.165, 1.54) is 44.9 Å². The van der Waals surface area contributed by atoms with Crippen molar-refractivity contribution in [3.8, 4) is 0 Å². The predicted octanol–water partition coefficient (Wildman–Crippen LogP) is 3.01. The first-order chi connectivity index (χ1) is 7.70. The van der Waals surface area contributed by atoms with Crippen molar-refractivity contribution in [2.75, 3.05) is 13.6 Å². The van der Waals surface area contributed by atoms with E-state index < -0.39 is 0 Å². The maximum absolute atomic E-state index is 5.95. The molecule has 2 heteroatoms. The molecule has 1 saturated carbocycles. The number of nitrogens with two attached hydrogens (primary N) is 1. The van der Waals surface area contributed by atoms with Gasteiger partial charge >= 0.3 is 0 Å². The van der Waals surface area contributed by atoms with Crippen LogP contribution in [-0.2, 0) is 0 Å². The lowest BCUT2D eigenvalue weighted by Gasteiger charge is -2.37. The van der Waals surface area contributed by atoms with E-state index in [9.17, 15) is 0 Å².